The van der Waals surface area contributed by atoms with Crippen molar-refractivity contribution in [3.8, 4) is 22.8 Å². The van der Waals surface area contributed by atoms with Crippen molar-refractivity contribution >= 4 is 10.9 Å². The molecule has 1 aromatic heterocycles. The van der Waals surface area contributed by atoms with E-state index in [1.807, 2.05) is 30.3 Å². The van der Waals surface area contributed by atoms with Crippen LogP contribution < -0.4 is 9.47 Å². The number of fused-ring (bicyclic) bond motifs is 1. The Bertz CT molecular complexity index is 782. The Labute approximate surface area is 124 Å². The van der Waals surface area contributed by atoms with E-state index in [-0.39, 0.29) is 0 Å². The molecule has 0 amide bonds. The van der Waals surface area contributed by atoms with Gasteiger partial charge in [-0.1, -0.05) is 30.3 Å². The maximum absolute atomic E-state index is 5.46. The number of methoxy groups -OCH3 is 2. The molecule has 0 bridgehead atoms. The maximum Gasteiger partial charge on any atom is 0.145 e. The first-order chi connectivity index (χ1) is 10.2. The smallest absolute Gasteiger partial charge is 0.145 e. The Morgan fingerprint density at radius 1 is 0.857 bits per heavy atom. The van der Waals surface area contributed by atoms with Gasteiger partial charge in [-0.15, -0.1) is 0 Å². The number of hydrogen-bond acceptors (Lipinski definition) is 3. The molecule has 3 nitrogen and oxygen atoms in total. The highest BCUT2D eigenvalue weighted by atomic mass is 16.5. The molecule has 0 aliphatic heterocycles. The number of benzene rings is 2. The van der Waals surface area contributed by atoms with Crippen LogP contribution in [-0.2, 0) is 0 Å². The minimum absolute atomic E-state index is 0.756. The van der Waals surface area contributed by atoms with Gasteiger partial charge < -0.3 is 9.47 Å². The number of aryl methyl sites for hydroxylation is 1. The van der Waals surface area contributed by atoms with Crippen LogP contribution in [-0.4, -0.2) is 19.2 Å². The van der Waals surface area contributed by atoms with Crippen molar-refractivity contribution in [3.63, 3.8) is 0 Å². The molecule has 0 saturated heterocycles. The van der Waals surface area contributed by atoms with Crippen molar-refractivity contribution in [1.29, 1.82) is 0 Å². The van der Waals surface area contributed by atoms with E-state index < -0.39 is 0 Å². The lowest BCUT2D eigenvalue weighted by atomic mass is 10.0. The maximum atomic E-state index is 5.46. The van der Waals surface area contributed by atoms with E-state index in [0.29, 0.717) is 0 Å². The first kappa shape index (κ1) is 13.4. The third-order valence-corrected chi connectivity index (χ3v) is 3.59. The summed E-state index contributed by atoms with van der Waals surface area (Å²) in [7, 11) is 3.33. The van der Waals surface area contributed by atoms with Crippen LogP contribution in [0.3, 0.4) is 0 Å². The first-order valence-corrected chi connectivity index (χ1v) is 6.82. The van der Waals surface area contributed by atoms with Gasteiger partial charge in [-0.05, 0) is 30.7 Å². The van der Waals surface area contributed by atoms with Gasteiger partial charge in [0.15, 0.2) is 0 Å². The zero-order valence-electron chi connectivity index (χ0n) is 12.4. The van der Waals surface area contributed by atoms with Crippen LogP contribution in [0, 0.1) is 6.92 Å². The molecule has 0 atom stereocenters. The lowest BCUT2D eigenvalue weighted by Crippen LogP contribution is -1.95. The Morgan fingerprint density at radius 3 is 2.19 bits per heavy atom. The second kappa shape index (κ2) is 5.44. The Balaban J connectivity index is 2.33. The first-order valence-electron chi connectivity index (χ1n) is 6.82. The van der Waals surface area contributed by atoms with Gasteiger partial charge in [0.2, 0.25) is 0 Å². The fourth-order valence-corrected chi connectivity index (χ4v) is 2.57. The molecule has 3 rings (SSSR count). The van der Waals surface area contributed by atoms with E-state index in [1.165, 1.54) is 0 Å². The quantitative estimate of drug-likeness (QED) is 0.719. The van der Waals surface area contributed by atoms with E-state index >= 15 is 0 Å². The average Bonchev–Trinajstić information content (AvgIpc) is 2.54. The summed E-state index contributed by atoms with van der Waals surface area (Å²) >= 11 is 0. The van der Waals surface area contributed by atoms with E-state index in [2.05, 4.69) is 25.1 Å². The zero-order chi connectivity index (χ0) is 14.8. The van der Waals surface area contributed by atoms with Gasteiger partial charge in [-0.3, -0.25) is 0 Å². The van der Waals surface area contributed by atoms with Crippen molar-refractivity contribution in [1.82, 2.24) is 4.98 Å². The molecule has 0 saturated carbocycles. The van der Waals surface area contributed by atoms with Crippen LogP contribution >= 0.6 is 0 Å². The largest absolute Gasteiger partial charge is 0.496 e. The molecule has 0 unspecified atom stereocenters. The van der Waals surface area contributed by atoms with Crippen molar-refractivity contribution < 1.29 is 9.47 Å². The summed E-state index contributed by atoms with van der Waals surface area (Å²) in [5.74, 6) is 1.57. The Morgan fingerprint density at radius 2 is 1.52 bits per heavy atom. The van der Waals surface area contributed by atoms with Crippen LogP contribution in [0.4, 0.5) is 0 Å². The van der Waals surface area contributed by atoms with Gasteiger partial charge in [-0.25, -0.2) is 4.98 Å². The molecular weight excluding hydrogens is 262 g/mol. The predicted octanol–water partition coefficient (Wildman–Crippen LogP) is 4.23. The summed E-state index contributed by atoms with van der Waals surface area (Å²) < 4.78 is 10.9. The topological polar surface area (TPSA) is 31.4 Å². The molecule has 0 radical (unpaired) electrons. The number of ether oxygens (including phenoxy) is 2. The second-order valence-corrected chi connectivity index (χ2v) is 4.88. The Hall–Kier alpha value is -2.55. The molecule has 3 aromatic rings. The zero-order valence-corrected chi connectivity index (χ0v) is 12.4. The molecule has 2 aromatic carbocycles. The number of hydrogen-bond donors (Lipinski definition) is 0. The predicted molar refractivity (Wildman–Crippen MR) is 85.0 cm³/mol. The minimum Gasteiger partial charge on any atom is -0.496 e. The van der Waals surface area contributed by atoms with Crippen molar-refractivity contribution in [2.75, 3.05) is 14.2 Å². The highest BCUT2D eigenvalue weighted by Gasteiger charge is 2.13. The van der Waals surface area contributed by atoms with Crippen LogP contribution in [0.5, 0.6) is 11.5 Å². The molecule has 21 heavy (non-hydrogen) atoms. The summed E-state index contributed by atoms with van der Waals surface area (Å²) in [5.41, 5.74) is 3.98. The molecule has 0 N–H and O–H groups in total. The summed E-state index contributed by atoms with van der Waals surface area (Å²) in [5, 5.41) is 0.997. The van der Waals surface area contributed by atoms with Gasteiger partial charge in [0.05, 0.1) is 19.9 Å². The molecule has 0 aliphatic rings. The van der Waals surface area contributed by atoms with E-state index in [0.717, 1.165) is 39.2 Å². The van der Waals surface area contributed by atoms with Gasteiger partial charge in [0, 0.05) is 10.9 Å². The number of pyridine rings is 1. The molecule has 3 heteroatoms. The third kappa shape index (κ3) is 2.31. The van der Waals surface area contributed by atoms with Gasteiger partial charge in [0.1, 0.15) is 17.0 Å². The van der Waals surface area contributed by atoms with Crippen LogP contribution in [0.1, 0.15) is 5.56 Å². The summed E-state index contributed by atoms with van der Waals surface area (Å²) in [6, 6.07) is 16.0. The van der Waals surface area contributed by atoms with Crippen LogP contribution in [0.15, 0.2) is 48.5 Å². The molecule has 0 aliphatic carbocycles. The van der Waals surface area contributed by atoms with Gasteiger partial charge in [-0.2, -0.15) is 0 Å². The van der Waals surface area contributed by atoms with Crippen LogP contribution in [0.25, 0.3) is 22.2 Å². The minimum atomic E-state index is 0.756. The molecule has 106 valence electrons. The molecular formula is C18H17NO2. The summed E-state index contributed by atoms with van der Waals surface area (Å²) in [4.78, 5) is 4.78. The lowest BCUT2D eigenvalue weighted by Gasteiger charge is -2.13. The molecule has 0 spiro atoms. The Kier molecular flexibility index (Phi) is 3.48. The van der Waals surface area contributed by atoms with Crippen molar-refractivity contribution in [2.45, 2.75) is 6.92 Å². The molecule has 1 heterocycles. The normalized spacial score (nSPS) is 10.6. The van der Waals surface area contributed by atoms with Gasteiger partial charge in [0.25, 0.3) is 0 Å². The standard InChI is InChI=1S/C18H17NO2/c1-12-11-14(13-7-5-4-6-8-13)19-18-16(21-3)10-9-15(20-2)17(12)18/h4-11H,1-3H3. The second-order valence-electron chi connectivity index (χ2n) is 4.88. The highest BCUT2D eigenvalue weighted by molar-refractivity contribution is 5.94. The number of aromatic nitrogens is 1. The van der Waals surface area contributed by atoms with E-state index in [9.17, 15) is 0 Å². The van der Waals surface area contributed by atoms with Crippen molar-refractivity contribution in [3.05, 3.63) is 54.1 Å². The fraction of sp³-hybridized carbons (Fsp3) is 0.167. The fourth-order valence-electron chi connectivity index (χ4n) is 2.57. The monoisotopic (exact) mass is 279 g/mol. The van der Waals surface area contributed by atoms with Gasteiger partial charge >= 0.3 is 0 Å². The molecule has 0 fully saturated rings. The number of rotatable bonds is 3. The summed E-state index contributed by atoms with van der Waals surface area (Å²) in [6.45, 7) is 2.07. The van der Waals surface area contributed by atoms with Crippen molar-refractivity contribution in [2.24, 2.45) is 0 Å². The SMILES string of the molecule is COc1ccc(OC)c2c(C)cc(-c3ccccc3)nc12. The lowest BCUT2D eigenvalue weighted by molar-refractivity contribution is 0.409. The third-order valence-electron chi connectivity index (χ3n) is 3.59. The highest BCUT2D eigenvalue weighted by Crippen LogP contribution is 2.36. The van der Waals surface area contributed by atoms with E-state index in [1.54, 1.807) is 14.2 Å². The summed E-state index contributed by atoms with van der Waals surface area (Å²) in [6.07, 6.45) is 0. The number of nitrogens with zero attached hydrogens (tertiary/aromatic N) is 1. The van der Waals surface area contributed by atoms with E-state index in [4.69, 9.17) is 14.5 Å². The average molecular weight is 279 g/mol. The van der Waals surface area contributed by atoms with Crippen LogP contribution in [0.2, 0.25) is 0 Å².